The van der Waals surface area contributed by atoms with Crippen molar-refractivity contribution in [2.24, 2.45) is 0 Å². The van der Waals surface area contributed by atoms with Crippen molar-refractivity contribution in [2.45, 2.75) is 42.4 Å². The summed E-state index contributed by atoms with van der Waals surface area (Å²) in [6.45, 7) is 1.47. The van der Waals surface area contributed by atoms with E-state index >= 15 is 0 Å². The van der Waals surface area contributed by atoms with Gasteiger partial charge in [-0.1, -0.05) is 40.9 Å². The Bertz CT molecular complexity index is 594. The summed E-state index contributed by atoms with van der Waals surface area (Å²) in [5.74, 6) is 0. The van der Waals surface area contributed by atoms with Crippen LogP contribution in [0.4, 0.5) is 14.4 Å². The maximum atomic E-state index is 12.8. The molecule has 0 spiro atoms. The van der Waals surface area contributed by atoms with Crippen LogP contribution in [0.2, 0.25) is 0 Å². The number of allylic oxidation sites excluding steroid dienone is 1. The van der Waals surface area contributed by atoms with Crippen molar-refractivity contribution in [3.05, 3.63) is 11.6 Å². The summed E-state index contributed by atoms with van der Waals surface area (Å²) in [6.07, 6.45) is 4.04. The molecule has 1 aliphatic heterocycles. The van der Waals surface area contributed by atoms with Crippen molar-refractivity contribution in [3.8, 4) is 0 Å². The van der Waals surface area contributed by atoms with Gasteiger partial charge in [-0.2, -0.15) is 0 Å². The summed E-state index contributed by atoms with van der Waals surface area (Å²) in [6, 6.07) is -1.19. The number of cyclic esters (lactones) is 1. The highest BCUT2D eigenvalue weighted by Crippen LogP contribution is 2.26. The lowest BCUT2D eigenvalue weighted by Crippen LogP contribution is -2.56. The predicted octanol–water partition coefficient (Wildman–Crippen LogP) is 3.76. The van der Waals surface area contributed by atoms with Crippen molar-refractivity contribution in [3.63, 3.8) is 0 Å². The third kappa shape index (κ3) is 5.82. The van der Waals surface area contributed by atoms with Gasteiger partial charge in [-0.05, 0) is 38.2 Å². The number of hydrazine groups is 1. The third-order valence-corrected chi connectivity index (χ3v) is 4.35. The van der Waals surface area contributed by atoms with Crippen LogP contribution in [0.5, 0.6) is 0 Å². The average molecular weight is 429 g/mol. The van der Waals surface area contributed by atoms with Crippen LogP contribution in [-0.2, 0) is 9.47 Å². The largest absolute Gasteiger partial charge is 0.447 e. The lowest BCUT2D eigenvalue weighted by Gasteiger charge is -2.33. The number of nitrogens with zero attached hydrogens (tertiary/aromatic N) is 2. The molecule has 0 aromatic carbocycles. The Labute approximate surface area is 166 Å². The Balaban J connectivity index is 2.12. The fourth-order valence-electron chi connectivity index (χ4n) is 2.69. The SMILES string of the molecule is CC(C1=CCCCC1)N(NC(=O)OCC(Cl)(Cl)Cl)C(=O)N1CCOC1=O. The average Bonchev–Trinajstić information content (AvgIpc) is 3.03. The lowest BCUT2D eigenvalue weighted by molar-refractivity contribution is 0.0922. The fraction of sp³-hybridized carbons (Fsp3) is 0.667. The van der Waals surface area contributed by atoms with Gasteiger partial charge in [0.1, 0.15) is 13.2 Å². The molecule has 4 amide bonds. The molecule has 0 bridgehead atoms. The van der Waals surface area contributed by atoms with E-state index in [-0.39, 0.29) is 13.2 Å². The van der Waals surface area contributed by atoms with Gasteiger partial charge >= 0.3 is 18.2 Å². The maximum absolute atomic E-state index is 12.8. The molecule has 0 radical (unpaired) electrons. The van der Waals surface area contributed by atoms with Crippen LogP contribution in [0.3, 0.4) is 0 Å². The number of ether oxygens (including phenoxy) is 2. The van der Waals surface area contributed by atoms with Gasteiger partial charge in [-0.15, -0.1) is 0 Å². The lowest BCUT2D eigenvalue weighted by atomic mass is 9.94. The molecule has 0 saturated carbocycles. The van der Waals surface area contributed by atoms with E-state index in [4.69, 9.17) is 44.3 Å². The normalized spacial score (nSPS) is 18.7. The van der Waals surface area contributed by atoms with Crippen LogP contribution < -0.4 is 5.43 Å². The molecule has 2 aliphatic rings. The summed E-state index contributed by atoms with van der Waals surface area (Å²) in [5.41, 5.74) is 3.33. The van der Waals surface area contributed by atoms with Gasteiger partial charge in [0.15, 0.2) is 0 Å². The van der Waals surface area contributed by atoms with E-state index in [1.165, 1.54) is 0 Å². The quantitative estimate of drug-likeness (QED) is 0.420. The van der Waals surface area contributed by atoms with Crippen LogP contribution in [0.15, 0.2) is 11.6 Å². The molecule has 0 aromatic heterocycles. The van der Waals surface area contributed by atoms with Crippen LogP contribution in [0, 0.1) is 0 Å². The van der Waals surface area contributed by atoms with E-state index in [2.05, 4.69) is 5.43 Å². The molecule has 2 rings (SSSR count). The Morgan fingerprint density at radius 3 is 2.69 bits per heavy atom. The van der Waals surface area contributed by atoms with E-state index in [1.54, 1.807) is 6.92 Å². The highest BCUT2D eigenvalue weighted by Gasteiger charge is 2.36. The number of alkyl halides is 3. The van der Waals surface area contributed by atoms with Gasteiger partial charge < -0.3 is 9.47 Å². The van der Waals surface area contributed by atoms with E-state index in [1.807, 2.05) is 6.08 Å². The molecular weight excluding hydrogens is 409 g/mol. The van der Waals surface area contributed by atoms with Gasteiger partial charge in [0.25, 0.3) is 0 Å². The number of carbonyl (C=O) groups is 3. The van der Waals surface area contributed by atoms with Crippen molar-refractivity contribution in [1.82, 2.24) is 15.3 Å². The standard InChI is InChI=1S/C15H20Cl3N3O5/c1-10(11-5-3-2-4-6-11)21(13(23)20-7-8-25-14(20)24)19-12(22)26-9-15(16,17)18/h5,10H,2-4,6-9H2,1H3,(H,19,22). The summed E-state index contributed by atoms with van der Waals surface area (Å²) in [4.78, 5) is 37.4. The predicted molar refractivity (Wildman–Crippen MR) is 96.1 cm³/mol. The minimum Gasteiger partial charge on any atom is -0.447 e. The van der Waals surface area contributed by atoms with Crippen LogP contribution in [-0.4, -0.2) is 57.7 Å². The summed E-state index contributed by atoms with van der Waals surface area (Å²) in [7, 11) is 0. The van der Waals surface area contributed by atoms with Crippen LogP contribution in [0.25, 0.3) is 0 Å². The van der Waals surface area contributed by atoms with Crippen molar-refractivity contribution in [2.75, 3.05) is 19.8 Å². The first-order valence-electron chi connectivity index (χ1n) is 8.15. The monoisotopic (exact) mass is 427 g/mol. The number of hydrogen-bond donors (Lipinski definition) is 1. The highest BCUT2D eigenvalue weighted by molar-refractivity contribution is 6.67. The molecule has 1 heterocycles. The Morgan fingerprint density at radius 2 is 2.15 bits per heavy atom. The molecule has 146 valence electrons. The number of imide groups is 1. The van der Waals surface area contributed by atoms with Crippen molar-refractivity contribution >= 4 is 53.0 Å². The molecule has 1 aliphatic carbocycles. The second kappa shape index (κ2) is 9.01. The number of hydrogen-bond acceptors (Lipinski definition) is 5. The summed E-state index contributed by atoms with van der Waals surface area (Å²) in [5, 5.41) is 1.05. The maximum Gasteiger partial charge on any atom is 0.426 e. The number of amides is 4. The molecule has 1 fully saturated rings. The molecule has 1 atom stereocenters. The van der Waals surface area contributed by atoms with E-state index < -0.39 is 34.7 Å². The van der Waals surface area contributed by atoms with Crippen LogP contribution in [0.1, 0.15) is 32.6 Å². The second-order valence-electron chi connectivity index (χ2n) is 5.92. The van der Waals surface area contributed by atoms with E-state index in [0.717, 1.165) is 41.2 Å². The third-order valence-electron chi connectivity index (χ3n) is 4.03. The number of rotatable bonds is 3. The zero-order chi connectivity index (χ0) is 19.3. The van der Waals surface area contributed by atoms with E-state index in [9.17, 15) is 14.4 Å². The minimum atomic E-state index is -1.78. The van der Waals surface area contributed by atoms with Crippen molar-refractivity contribution in [1.29, 1.82) is 0 Å². The van der Waals surface area contributed by atoms with Gasteiger partial charge in [0, 0.05) is 0 Å². The van der Waals surface area contributed by atoms with Gasteiger partial charge in [0.05, 0.1) is 12.6 Å². The summed E-state index contributed by atoms with van der Waals surface area (Å²) < 4.78 is 7.83. The second-order valence-corrected chi connectivity index (χ2v) is 8.44. The molecule has 1 N–H and O–H groups in total. The van der Waals surface area contributed by atoms with Gasteiger partial charge in [-0.3, -0.25) is 0 Å². The molecule has 1 saturated heterocycles. The molecule has 1 unspecified atom stereocenters. The number of carbonyl (C=O) groups excluding carboxylic acids is 3. The van der Waals surface area contributed by atoms with Crippen LogP contribution >= 0.6 is 34.8 Å². The zero-order valence-electron chi connectivity index (χ0n) is 14.2. The zero-order valence-corrected chi connectivity index (χ0v) is 16.4. The molecule has 11 heteroatoms. The number of urea groups is 1. The molecule has 0 aromatic rings. The topological polar surface area (TPSA) is 88.2 Å². The number of nitrogens with one attached hydrogen (secondary N) is 1. The number of halogens is 3. The van der Waals surface area contributed by atoms with E-state index in [0.29, 0.717) is 0 Å². The highest BCUT2D eigenvalue weighted by atomic mass is 35.6. The fourth-order valence-corrected chi connectivity index (χ4v) is 2.86. The minimum absolute atomic E-state index is 0.102. The van der Waals surface area contributed by atoms with Gasteiger partial charge in [-0.25, -0.2) is 29.7 Å². The Hall–Kier alpha value is -1.38. The smallest absolute Gasteiger partial charge is 0.426 e. The molecular formula is C15H20Cl3N3O5. The molecule has 8 nitrogen and oxygen atoms in total. The van der Waals surface area contributed by atoms with Gasteiger partial charge in [0.2, 0.25) is 3.79 Å². The molecule has 26 heavy (non-hydrogen) atoms. The Kier molecular flexibility index (Phi) is 7.25. The summed E-state index contributed by atoms with van der Waals surface area (Å²) >= 11 is 16.7. The van der Waals surface area contributed by atoms with Crippen molar-refractivity contribution < 1.29 is 23.9 Å². The first kappa shape index (κ1) is 20.9. The Morgan fingerprint density at radius 1 is 1.42 bits per heavy atom. The first-order valence-corrected chi connectivity index (χ1v) is 9.29. The first-order chi connectivity index (χ1) is 12.2.